The van der Waals surface area contributed by atoms with Crippen LogP contribution in [0.3, 0.4) is 0 Å². The first kappa shape index (κ1) is 12.6. The number of anilines is 1. The van der Waals surface area contributed by atoms with Crippen molar-refractivity contribution in [2.45, 2.75) is 39.0 Å². The third-order valence-corrected chi connectivity index (χ3v) is 3.60. The maximum Gasteiger partial charge on any atom is 0.227 e. The molecular formula is C15H18N2O. The van der Waals surface area contributed by atoms with Gasteiger partial charge in [-0.2, -0.15) is 5.26 Å². The molecule has 0 spiro atoms. The molecule has 0 heterocycles. The molecular weight excluding hydrogens is 224 g/mol. The Morgan fingerprint density at radius 1 is 1.33 bits per heavy atom. The van der Waals surface area contributed by atoms with Gasteiger partial charge in [0.2, 0.25) is 5.91 Å². The molecule has 94 valence electrons. The number of rotatable bonds is 2. The van der Waals surface area contributed by atoms with Crippen LogP contribution in [0.1, 0.15) is 43.2 Å². The molecule has 1 aliphatic carbocycles. The first-order chi connectivity index (χ1) is 8.70. The highest BCUT2D eigenvalue weighted by Gasteiger charge is 2.21. The molecule has 0 bridgehead atoms. The molecule has 2 rings (SSSR count). The van der Waals surface area contributed by atoms with Crippen LogP contribution in [0.25, 0.3) is 0 Å². The monoisotopic (exact) mass is 242 g/mol. The number of nitrogens with zero attached hydrogens (tertiary/aromatic N) is 1. The average molecular weight is 242 g/mol. The quantitative estimate of drug-likeness (QED) is 0.864. The van der Waals surface area contributed by atoms with Crippen LogP contribution in [0.5, 0.6) is 0 Å². The SMILES string of the molecule is Cc1ccc(NC(=O)C2CCCCC2)cc1C#N. The summed E-state index contributed by atoms with van der Waals surface area (Å²) < 4.78 is 0. The summed E-state index contributed by atoms with van der Waals surface area (Å²) in [7, 11) is 0. The lowest BCUT2D eigenvalue weighted by Gasteiger charge is -2.20. The van der Waals surface area contributed by atoms with Crippen LogP contribution in [-0.4, -0.2) is 5.91 Å². The van der Waals surface area contributed by atoms with Crippen molar-refractivity contribution in [1.29, 1.82) is 5.26 Å². The summed E-state index contributed by atoms with van der Waals surface area (Å²) in [4.78, 5) is 12.1. The molecule has 1 amide bonds. The van der Waals surface area contributed by atoms with Crippen molar-refractivity contribution in [2.75, 3.05) is 5.32 Å². The van der Waals surface area contributed by atoms with Gasteiger partial charge in [0.15, 0.2) is 0 Å². The molecule has 18 heavy (non-hydrogen) atoms. The van der Waals surface area contributed by atoms with E-state index in [0.717, 1.165) is 36.9 Å². The maximum absolute atomic E-state index is 12.1. The Morgan fingerprint density at radius 3 is 2.72 bits per heavy atom. The van der Waals surface area contributed by atoms with Crippen LogP contribution in [-0.2, 0) is 4.79 Å². The van der Waals surface area contributed by atoms with Gasteiger partial charge >= 0.3 is 0 Å². The van der Waals surface area contributed by atoms with E-state index in [4.69, 9.17) is 5.26 Å². The summed E-state index contributed by atoms with van der Waals surface area (Å²) >= 11 is 0. The summed E-state index contributed by atoms with van der Waals surface area (Å²) in [6.07, 6.45) is 5.52. The Morgan fingerprint density at radius 2 is 2.06 bits per heavy atom. The van der Waals surface area contributed by atoms with E-state index in [2.05, 4.69) is 11.4 Å². The number of hydrogen-bond acceptors (Lipinski definition) is 2. The third-order valence-electron chi connectivity index (χ3n) is 3.60. The number of nitrogens with one attached hydrogen (secondary N) is 1. The number of amides is 1. The lowest BCUT2D eigenvalue weighted by atomic mass is 9.88. The highest BCUT2D eigenvalue weighted by molar-refractivity contribution is 5.92. The molecule has 3 nitrogen and oxygen atoms in total. The smallest absolute Gasteiger partial charge is 0.227 e. The van der Waals surface area contributed by atoms with Gasteiger partial charge < -0.3 is 5.32 Å². The van der Waals surface area contributed by atoms with Crippen molar-refractivity contribution in [3.63, 3.8) is 0 Å². The molecule has 0 atom stereocenters. The lowest BCUT2D eigenvalue weighted by Crippen LogP contribution is -2.24. The van der Waals surface area contributed by atoms with Crippen molar-refractivity contribution in [2.24, 2.45) is 5.92 Å². The van der Waals surface area contributed by atoms with Crippen LogP contribution >= 0.6 is 0 Å². The van der Waals surface area contributed by atoms with Gasteiger partial charge in [0.25, 0.3) is 0 Å². The van der Waals surface area contributed by atoms with Crippen LogP contribution in [0.15, 0.2) is 18.2 Å². The Kier molecular flexibility index (Phi) is 3.99. The normalized spacial score (nSPS) is 16.0. The van der Waals surface area contributed by atoms with E-state index in [1.165, 1.54) is 6.42 Å². The minimum Gasteiger partial charge on any atom is -0.326 e. The molecule has 1 aromatic rings. The number of carbonyl (C=O) groups is 1. The Hall–Kier alpha value is -1.82. The molecule has 0 saturated heterocycles. The Bertz CT molecular complexity index is 482. The van der Waals surface area contributed by atoms with Gasteiger partial charge in [-0.1, -0.05) is 25.3 Å². The molecule has 0 aromatic heterocycles. The fourth-order valence-electron chi connectivity index (χ4n) is 2.43. The first-order valence-corrected chi connectivity index (χ1v) is 6.52. The van der Waals surface area contributed by atoms with Crippen molar-refractivity contribution >= 4 is 11.6 Å². The van der Waals surface area contributed by atoms with Gasteiger partial charge in [0.05, 0.1) is 11.6 Å². The zero-order chi connectivity index (χ0) is 13.0. The van der Waals surface area contributed by atoms with Gasteiger partial charge in [-0.3, -0.25) is 4.79 Å². The van der Waals surface area contributed by atoms with Crippen LogP contribution in [0, 0.1) is 24.2 Å². The van der Waals surface area contributed by atoms with Gasteiger partial charge in [0, 0.05) is 11.6 Å². The van der Waals surface area contributed by atoms with Crippen LogP contribution in [0.2, 0.25) is 0 Å². The zero-order valence-electron chi connectivity index (χ0n) is 10.7. The van der Waals surface area contributed by atoms with Gasteiger partial charge in [-0.25, -0.2) is 0 Å². The van der Waals surface area contributed by atoms with Crippen molar-refractivity contribution < 1.29 is 4.79 Å². The summed E-state index contributed by atoms with van der Waals surface area (Å²) in [6, 6.07) is 7.61. The van der Waals surface area contributed by atoms with E-state index in [1.807, 2.05) is 19.1 Å². The second-order valence-corrected chi connectivity index (χ2v) is 4.97. The summed E-state index contributed by atoms with van der Waals surface area (Å²) in [5, 5.41) is 11.9. The summed E-state index contributed by atoms with van der Waals surface area (Å²) in [5.41, 5.74) is 2.29. The molecule has 1 fully saturated rings. The lowest BCUT2D eigenvalue weighted by molar-refractivity contribution is -0.120. The largest absolute Gasteiger partial charge is 0.326 e. The van der Waals surface area contributed by atoms with E-state index < -0.39 is 0 Å². The van der Waals surface area contributed by atoms with Gasteiger partial charge in [0.1, 0.15) is 0 Å². The Labute approximate surface area is 108 Å². The first-order valence-electron chi connectivity index (χ1n) is 6.52. The molecule has 0 unspecified atom stereocenters. The third kappa shape index (κ3) is 2.89. The highest BCUT2D eigenvalue weighted by Crippen LogP contribution is 2.25. The van der Waals surface area contributed by atoms with Crippen LogP contribution in [0.4, 0.5) is 5.69 Å². The van der Waals surface area contributed by atoms with Crippen molar-refractivity contribution in [1.82, 2.24) is 0 Å². The molecule has 1 aliphatic rings. The van der Waals surface area contributed by atoms with Crippen molar-refractivity contribution in [3.8, 4) is 6.07 Å². The van der Waals surface area contributed by atoms with Gasteiger partial charge in [-0.05, 0) is 37.5 Å². The number of aryl methyl sites for hydroxylation is 1. The van der Waals surface area contributed by atoms with E-state index in [0.29, 0.717) is 5.56 Å². The van der Waals surface area contributed by atoms with Gasteiger partial charge in [-0.15, -0.1) is 0 Å². The zero-order valence-corrected chi connectivity index (χ0v) is 10.7. The second-order valence-electron chi connectivity index (χ2n) is 4.97. The molecule has 0 aliphatic heterocycles. The molecule has 1 saturated carbocycles. The minimum atomic E-state index is 0.0995. The average Bonchev–Trinajstić information content (AvgIpc) is 2.42. The highest BCUT2D eigenvalue weighted by atomic mass is 16.1. The number of carbonyl (C=O) groups excluding carboxylic acids is 1. The van der Waals surface area contributed by atoms with E-state index in [9.17, 15) is 4.79 Å². The van der Waals surface area contributed by atoms with E-state index in [1.54, 1.807) is 6.07 Å². The minimum absolute atomic E-state index is 0.0995. The topological polar surface area (TPSA) is 52.9 Å². The number of hydrogen-bond donors (Lipinski definition) is 1. The molecule has 1 N–H and O–H groups in total. The second kappa shape index (κ2) is 5.68. The number of benzene rings is 1. The fraction of sp³-hybridized carbons (Fsp3) is 0.467. The van der Waals surface area contributed by atoms with Crippen LogP contribution < -0.4 is 5.32 Å². The fourth-order valence-corrected chi connectivity index (χ4v) is 2.43. The Balaban J connectivity index is 2.05. The predicted molar refractivity (Wildman–Crippen MR) is 71.1 cm³/mol. The standard InChI is InChI=1S/C15H18N2O/c1-11-7-8-14(9-13(11)10-16)17-15(18)12-5-3-2-4-6-12/h7-9,12H,2-6H2,1H3,(H,17,18). The van der Waals surface area contributed by atoms with Crippen molar-refractivity contribution in [3.05, 3.63) is 29.3 Å². The maximum atomic E-state index is 12.1. The molecule has 0 radical (unpaired) electrons. The molecule has 3 heteroatoms. The number of nitriles is 1. The van der Waals surface area contributed by atoms with E-state index in [-0.39, 0.29) is 11.8 Å². The summed E-state index contributed by atoms with van der Waals surface area (Å²) in [6.45, 7) is 1.89. The molecule has 1 aromatic carbocycles. The predicted octanol–water partition coefficient (Wildman–Crippen LogP) is 3.39. The van der Waals surface area contributed by atoms with E-state index >= 15 is 0 Å². The summed E-state index contributed by atoms with van der Waals surface area (Å²) in [5.74, 6) is 0.244.